The first-order valence-corrected chi connectivity index (χ1v) is 9.31. The first-order valence-electron chi connectivity index (χ1n) is 8.37. The van der Waals surface area contributed by atoms with Gasteiger partial charge in [-0.05, 0) is 35.7 Å². The summed E-state index contributed by atoms with van der Waals surface area (Å²) in [4.78, 5) is 16.6. The van der Waals surface area contributed by atoms with Crippen LogP contribution in [0.25, 0.3) is 0 Å². The average Bonchev–Trinajstić information content (AvgIpc) is 3.31. The van der Waals surface area contributed by atoms with E-state index in [1.54, 1.807) is 22.2 Å². The van der Waals surface area contributed by atoms with Crippen LogP contribution >= 0.6 is 11.3 Å². The van der Waals surface area contributed by atoms with Crippen molar-refractivity contribution in [2.24, 2.45) is 0 Å². The van der Waals surface area contributed by atoms with Crippen molar-refractivity contribution in [1.82, 2.24) is 30.1 Å². The normalized spacial score (nSPS) is 17.0. The molecule has 1 N–H and O–H groups in total. The van der Waals surface area contributed by atoms with Crippen LogP contribution in [0.3, 0.4) is 0 Å². The van der Waals surface area contributed by atoms with E-state index in [9.17, 15) is 4.79 Å². The van der Waals surface area contributed by atoms with E-state index in [1.807, 2.05) is 11.1 Å². The zero-order chi connectivity index (χ0) is 16.8. The van der Waals surface area contributed by atoms with Gasteiger partial charge in [0.1, 0.15) is 0 Å². The average molecular weight is 348 g/mol. The SMILES string of the molecule is CC(c1ccsc1)N1CCN(C(=O)NCCCn2ccnn2)CC1. The van der Waals surface area contributed by atoms with E-state index >= 15 is 0 Å². The van der Waals surface area contributed by atoms with Gasteiger partial charge in [0.15, 0.2) is 0 Å². The third kappa shape index (κ3) is 4.33. The molecule has 2 aromatic heterocycles. The molecule has 0 aliphatic carbocycles. The van der Waals surface area contributed by atoms with Crippen molar-refractivity contribution in [2.45, 2.75) is 25.9 Å². The Kier molecular flexibility index (Phi) is 5.81. The summed E-state index contributed by atoms with van der Waals surface area (Å²) >= 11 is 1.74. The number of aryl methyl sites for hydroxylation is 1. The van der Waals surface area contributed by atoms with Crippen LogP contribution in [0.2, 0.25) is 0 Å². The number of rotatable bonds is 6. The Morgan fingerprint density at radius 3 is 2.88 bits per heavy atom. The summed E-state index contributed by atoms with van der Waals surface area (Å²) in [6.07, 6.45) is 4.34. The molecule has 2 amide bonds. The molecular formula is C16H24N6OS. The van der Waals surface area contributed by atoms with E-state index in [0.29, 0.717) is 12.6 Å². The highest BCUT2D eigenvalue weighted by molar-refractivity contribution is 7.07. The van der Waals surface area contributed by atoms with Crippen molar-refractivity contribution in [2.75, 3.05) is 32.7 Å². The van der Waals surface area contributed by atoms with E-state index in [4.69, 9.17) is 0 Å². The molecule has 0 spiro atoms. The predicted octanol–water partition coefficient (Wildman–Crippen LogP) is 1.82. The summed E-state index contributed by atoms with van der Waals surface area (Å²) in [6.45, 7) is 7.07. The molecule has 7 nitrogen and oxygen atoms in total. The highest BCUT2D eigenvalue weighted by atomic mass is 32.1. The Balaban J connectivity index is 1.35. The third-order valence-corrected chi connectivity index (χ3v) is 5.19. The minimum absolute atomic E-state index is 0.0384. The number of hydrogen-bond donors (Lipinski definition) is 1. The molecule has 8 heteroatoms. The molecule has 1 saturated heterocycles. The van der Waals surface area contributed by atoms with Crippen LogP contribution in [-0.4, -0.2) is 63.5 Å². The molecule has 3 heterocycles. The quantitative estimate of drug-likeness (QED) is 0.809. The third-order valence-electron chi connectivity index (χ3n) is 4.49. The standard InChI is InChI=1S/C16H24N6OS/c1-14(15-3-12-24-13-15)20-8-10-21(11-9-20)16(23)17-4-2-6-22-7-5-18-19-22/h3,5,7,12-14H,2,4,6,8-11H2,1H3,(H,17,23). The van der Waals surface area contributed by atoms with Gasteiger partial charge in [-0.2, -0.15) is 11.3 Å². The topological polar surface area (TPSA) is 66.3 Å². The van der Waals surface area contributed by atoms with Crippen LogP contribution < -0.4 is 5.32 Å². The zero-order valence-electron chi connectivity index (χ0n) is 14.0. The summed E-state index contributed by atoms with van der Waals surface area (Å²) in [7, 11) is 0. The highest BCUT2D eigenvalue weighted by Crippen LogP contribution is 2.23. The van der Waals surface area contributed by atoms with E-state index < -0.39 is 0 Å². The predicted molar refractivity (Wildman–Crippen MR) is 93.9 cm³/mol. The van der Waals surface area contributed by atoms with Gasteiger partial charge < -0.3 is 10.2 Å². The largest absolute Gasteiger partial charge is 0.338 e. The van der Waals surface area contributed by atoms with Crippen LogP contribution in [0.5, 0.6) is 0 Å². The number of amides is 2. The number of urea groups is 1. The summed E-state index contributed by atoms with van der Waals surface area (Å²) in [5, 5.41) is 15.0. The maximum absolute atomic E-state index is 12.2. The molecule has 1 atom stereocenters. The fraction of sp³-hybridized carbons (Fsp3) is 0.562. The summed E-state index contributed by atoms with van der Waals surface area (Å²) in [6, 6.07) is 2.64. The monoisotopic (exact) mass is 348 g/mol. The van der Waals surface area contributed by atoms with Gasteiger partial charge in [0, 0.05) is 51.5 Å². The fourth-order valence-electron chi connectivity index (χ4n) is 2.94. The van der Waals surface area contributed by atoms with Crippen molar-refractivity contribution in [3.05, 3.63) is 34.8 Å². The van der Waals surface area contributed by atoms with E-state index in [-0.39, 0.29) is 6.03 Å². The molecule has 0 radical (unpaired) electrons. The minimum Gasteiger partial charge on any atom is -0.338 e. The van der Waals surface area contributed by atoms with Gasteiger partial charge in [-0.25, -0.2) is 4.79 Å². The molecule has 0 saturated carbocycles. The molecule has 2 aromatic rings. The maximum Gasteiger partial charge on any atom is 0.317 e. The molecular weight excluding hydrogens is 324 g/mol. The van der Waals surface area contributed by atoms with E-state index in [2.05, 4.69) is 44.3 Å². The number of nitrogens with one attached hydrogen (secondary N) is 1. The van der Waals surface area contributed by atoms with Crippen LogP contribution in [-0.2, 0) is 6.54 Å². The Morgan fingerprint density at radius 1 is 1.38 bits per heavy atom. The Labute approximate surface area is 146 Å². The van der Waals surface area contributed by atoms with Gasteiger partial charge in [-0.3, -0.25) is 9.58 Å². The highest BCUT2D eigenvalue weighted by Gasteiger charge is 2.24. The van der Waals surface area contributed by atoms with Crippen molar-refractivity contribution in [1.29, 1.82) is 0 Å². The van der Waals surface area contributed by atoms with Crippen molar-refractivity contribution >= 4 is 17.4 Å². The van der Waals surface area contributed by atoms with Gasteiger partial charge in [0.2, 0.25) is 0 Å². The van der Waals surface area contributed by atoms with Gasteiger partial charge in [0.25, 0.3) is 0 Å². The van der Waals surface area contributed by atoms with Gasteiger partial charge in [0.05, 0.1) is 6.20 Å². The van der Waals surface area contributed by atoms with E-state index in [0.717, 1.165) is 39.1 Å². The van der Waals surface area contributed by atoms with Crippen LogP contribution in [0, 0.1) is 0 Å². The molecule has 1 aliphatic heterocycles. The number of aromatic nitrogens is 3. The van der Waals surface area contributed by atoms with Crippen LogP contribution in [0.15, 0.2) is 29.2 Å². The Morgan fingerprint density at radius 2 is 2.21 bits per heavy atom. The van der Waals surface area contributed by atoms with Crippen molar-refractivity contribution in [3.63, 3.8) is 0 Å². The number of nitrogens with zero attached hydrogens (tertiary/aromatic N) is 5. The number of thiophene rings is 1. The zero-order valence-corrected chi connectivity index (χ0v) is 14.8. The molecule has 1 fully saturated rings. The lowest BCUT2D eigenvalue weighted by atomic mass is 10.1. The second-order valence-electron chi connectivity index (χ2n) is 6.01. The minimum atomic E-state index is 0.0384. The smallest absolute Gasteiger partial charge is 0.317 e. The summed E-state index contributed by atoms with van der Waals surface area (Å²) in [5.41, 5.74) is 1.37. The number of piperazine rings is 1. The maximum atomic E-state index is 12.2. The first-order chi connectivity index (χ1) is 11.7. The van der Waals surface area contributed by atoms with Gasteiger partial charge in [-0.15, -0.1) is 5.10 Å². The lowest BCUT2D eigenvalue weighted by molar-refractivity contribution is 0.114. The molecule has 0 bridgehead atoms. The molecule has 1 unspecified atom stereocenters. The molecule has 24 heavy (non-hydrogen) atoms. The molecule has 3 rings (SSSR count). The Bertz CT molecular complexity index is 607. The van der Waals surface area contributed by atoms with Crippen molar-refractivity contribution < 1.29 is 4.79 Å². The summed E-state index contributed by atoms with van der Waals surface area (Å²) < 4.78 is 1.77. The first kappa shape index (κ1) is 16.9. The lowest BCUT2D eigenvalue weighted by Crippen LogP contribution is -2.52. The lowest BCUT2D eigenvalue weighted by Gasteiger charge is -2.37. The Hall–Kier alpha value is -1.93. The van der Waals surface area contributed by atoms with Crippen LogP contribution in [0.4, 0.5) is 4.79 Å². The number of carbonyl (C=O) groups excluding carboxylic acids is 1. The molecule has 0 aromatic carbocycles. The second-order valence-corrected chi connectivity index (χ2v) is 6.79. The van der Waals surface area contributed by atoms with E-state index in [1.165, 1.54) is 5.56 Å². The van der Waals surface area contributed by atoms with Gasteiger partial charge >= 0.3 is 6.03 Å². The second kappa shape index (κ2) is 8.25. The molecule has 130 valence electrons. The van der Waals surface area contributed by atoms with Crippen molar-refractivity contribution in [3.8, 4) is 0 Å². The number of hydrogen-bond acceptors (Lipinski definition) is 5. The number of carbonyl (C=O) groups is 1. The van der Waals surface area contributed by atoms with Crippen LogP contribution in [0.1, 0.15) is 24.9 Å². The molecule has 1 aliphatic rings. The summed E-state index contributed by atoms with van der Waals surface area (Å²) in [5.74, 6) is 0. The fourth-order valence-corrected chi connectivity index (χ4v) is 3.68. The van der Waals surface area contributed by atoms with Gasteiger partial charge in [-0.1, -0.05) is 5.21 Å².